The molecule has 7 heteroatoms. The van der Waals surface area contributed by atoms with Crippen LogP contribution < -0.4 is 4.73 Å². The maximum atomic E-state index is 11.5. The van der Waals surface area contributed by atoms with Gasteiger partial charge in [0, 0.05) is 12.1 Å². The van der Waals surface area contributed by atoms with Crippen molar-refractivity contribution < 1.29 is 13.6 Å². The molecule has 0 aromatic carbocycles. The first kappa shape index (κ1) is 13.7. The van der Waals surface area contributed by atoms with Crippen molar-refractivity contribution in [3.05, 3.63) is 53.1 Å². The van der Waals surface area contributed by atoms with Crippen LogP contribution in [0.5, 0.6) is 0 Å². The number of furan rings is 1. The highest BCUT2D eigenvalue weighted by atomic mass is 32.2. The van der Waals surface area contributed by atoms with E-state index in [-0.39, 0.29) is 0 Å². The number of thioether (sulfide) groups is 1. The Bertz CT molecular complexity index is 766. The van der Waals surface area contributed by atoms with Crippen molar-refractivity contribution in [3.8, 4) is 11.5 Å². The van der Waals surface area contributed by atoms with Crippen LogP contribution >= 0.6 is 11.8 Å². The van der Waals surface area contributed by atoms with Gasteiger partial charge in [-0.15, -0.1) is 10.2 Å². The molecule has 0 radical (unpaired) electrons. The monoisotopic (exact) mass is 303 g/mol. The molecule has 0 aliphatic rings. The molecule has 0 fully saturated rings. The number of aryl methyl sites for hydroxylation is 2. The minimum absolute atomic E-state index is 0.433. The van der Waals surface area contributed by atoms with Crippen molar-refractivity contribution >= 4 is 11.8 Å². The van der Waals surface area contributed by atoms with Gasteiger partial charge in [0.1, 0.15) is 11.5 Å². The quantitative estimate of drug-likeness (QED) is 0.419. The minimum atomic E-state index is 0.433. The highest BCUT2D eigenvalue weighted by Gasteiger charge is 2.15. The zero-order valence-corrected chi connectivity index (χ0v) is 12.4. The number of hydrogen-bond acceptors (Lipinski definition) is 6. The molecule has 6 nitrogen and oxygen atoms in total. The van der Waals surface area contributed by atoms with Crippen molar-refractivity contribution in [1.29, 1.82) is 0 Å². The van der Waals surface area contributed by atoms with Gasteiger partial charge in [-0.3, -0.25) is 0 Å². The third-order valence-corrected chi connectivity index (χ3v) is 3.87. The Morgan fingerprint density at radius 3 is 2.81 bits per heavy atom. The Balaban J connectivity index is 1.74. The molecule has 3 aromatic heterocycles. The van der Waals surface area contributed by atoms with Crippen LogP contribution in [0, 0.1) is 19.1 Å². The van der Waals surface area contributed by atoms with E-state index >= 15 is 0 Å². The summed E-state index contributed by atoms with van der Waals surface area (Å²) >= 11 is 1.35. The SMILES string of the molecule is Cc1cc(-c2nnc(CSc3cccc[n+]3[O-])o2)c(C)o1. The van der Waals surface area contributed by atoms with E-state index in [4.69, 9.17) is 8.83 Å². The predicted molar refractivity (Wildman–Crippen MR) is 76.4 cm³/mol. The molecule has 3 aromatic rings. The van der Waals surface area contributed by atoms with Gasteiger partial charge in [0.2, 0.25) is 5.89 Å². The van der Waals surface area contributed by atoms with E-state index < -0.39 is 0 Å². The van der Waals surface area contributed by atoms with Gasteiger partial charge in [-0.05, 0) is 37.7 Å². The fourth-order valence-electron chi connectivity index (χ4n) is 1.92. The van der Waals surface area contributed by atoms with Gasteiger partial charge in [-0.25, -0.2) is 0 Å². The lowest BCUT2D eigenvalue weighted by atomic mass is 10.2. The van der Waals surface area contributed by atoms with E-state index in [9.17, 15) is 5.21 Å². The molecule has 21 heavy (non-hydrogen) atoms. The van der Waals surface area contributed by atoms with Gasteiger partial charge in [0.25, 0.3) is 10.9 Å². The summed E-state index contributed by atoms with van der Waals surface area (Å²) in [7, 11) is 0. The lowest BCUT2D eigenvalue weighted by Gasteiger charge is -2.00. The van der Waals surface area contributed by atoms with Crippen LogP contribution in [0.15, 0.2) is 44.3 Å². The average molecular weight is 303 g/mol. The summed E-state index contributed by atoms with van der Waals surface area (Å²) in [6.07, 6.45) is 1.46. The molecular formula is C14H13N3O3S. The summed E-state index contributed by atoms with van der Waals surface area (Å²) in [6.45, 7) is 3.72. The first-order valence-electron chi connectivity index (χ1n) is 6.34. The summed E-state index contributed by atoms with van der Waals surface area (Å²) in [5.74, 6) is 2.89. The molecule has 0 aliphatic heterocycles. The molecule has 108 valence electrons. The Morgan fingerprint density at radius 2 is 2.10 bits per heavy atom. The molecule has 0 amide bonds. The van der Waals surface area contributed by atoms with E-state index in [0.29, 0.717) is 22.6 Å². The molecule has 0 saturated carbocycles. The molecule has 0 saturated heterocycles. The fourth-order valence-corrected chi connectivity index (χ4v) is 2.67. The lowest BCUT2D eigenvalue weighted by Crippen LogP contribution is -2.27. The standard InChI is InChI=1S/C14H13N3O3S/c1-9-7-11(10(2)19-9)14-16-15-12(20-14)8-21-13-5-3-4-6-17(13)18/h3-7H,8H2,1-2H3. The van der Waals surface area contributed by atoms with E-state index in [1.165, 1.54) is 18.0 Å². The van der Waals surface area contributed by atoms with Gasteiger partial charge >= 0.3 is 0 Å². The third-order valence-electron chi connectivity index (χ3n) is 2.87. The lowest BCUT2D eigenvalue weighted by molar-refractivity contribution is -0.645. The van der Waals surface area contributed by atoms with Gasteiger partial charge in [-0.2, -0.15) is 4.73 Å². The molecule has 0 N–H and O–H groups in total. The van der Waals surface area contributed by atoms with Crippen LogP contribution in [0.2, 0.25) is 0 Å². The average Bonchev–Trinajstić information content (AvgIpc) is 3.04. The third kappa shape index (κ3) is 2.92. The smallest absolute Gasteiger partial charge is 0.251 e. The van der Waals surface area contributed by atoms with Crippen molar-refractivity contribution in [3.63, 3.8) is 0 Å². The van der Waals surface area contributed by atoms with Crippen molar-refractivity contribution in [2.75, 3.05) is 0 Å². The highest BCUT2D eigenvalue weighted by molar-refractivity contribution is 7.98. The largest absolute Gasteiger partial charge is 0.618 e. The minimum Gasteiger partial charge on any atom is -0.618 e. The topological polar surface area (TPSA) is 79.0 Å². The maximum absolute atomic E-state index is 11.5. The molecule has 0 unspecified atom stereocenters. The Morgan fingerprint density at radius 1 is 1.24 bits per heavy atom. The second-order valence-corrected chi connectivity index (χ2v) is 5.48. The Labute approximate surface area is 125 Å². The van der Waals surface area contributed by atoms with Crippen LogP contribution in [-0.2, 0) is 5.75 Å². The zero-order valence-electron chi connectivity index (χ0n) is 11.6. The summed E-state index contributed by atoms with van der Waals surface area (Å²) < 4.78 is 11.9. The van der Waals surface area contributed by atoms with Crippen molar-refractivity contribution in [1.82, 2.24) is 10.2 Å². The van der Waals surface area contributed by atoms with E-state index in [2.05, 4.69) is 10.2 Å². The molecule has 3 rings (SSSR count). The van der Waals surface area contributed by atoms with Crippen LogP contribution in [-0.4, -0.2) is 10.2 Å². The normalized spacial score (nSPS) is 11.0. The first-order valence-corrected chi connectivity index (χ1v) is 7.33. The number of aromatic nitrogens is 3. The number of nitrogens with zero attached hydrogens (tertiary/aromatic N) is 3. The van der Waals surface area contributed by atoms with Crippen LogP contribution in [0.3, 0.4) is 0 Å². The fraction of sp³-hybridized carbons (Fsp3) is 0.214. The molecule has 3 heterocycles. The predicted octanol–water partition coefficient (Wildman–Crippen LogP) is 2.87. The van der Waals surface area contributed by atoms with Crippen LogP contribution in [0.1, 0.15) is 17.4 Å². The zero-order chi connectivity index (χ0) is 14.8. The molecule has 0 aliphatic carbocycles. The second kappa shape index (κ2) is 5.61. The van der Waals surface area contributed by atoms with Gasteiger partial charge in [0.05, 0.1) is 11.3 Å². The van der Waals surface area contributed by atoms with Crippen LogP contribution in [0.4, 0.5) is 0 Å². The van der Waals surface area contributed by atoms with E-state index in [1.807, 2.05) is 26.0 Å². The van der Waals surface area contributed by atoms with E-state index in [1.54, 1.807) is 12.1 Å². The Kier molecular flexibility index (Phi) is 3.66. The van der Waals surface area contributed by atoms with Gasteiger partial charge < -0.3 is 14.0 Å². The molecular weight excluding hydrogens is 290 g/mol. The number of pyridine rings is 1. The van der Waals surface area contributed by atoms with Gasteiger partial charge in [-0.1, -0.05) is 0 Å². The first-order chi connectivity index (χ1) is 10.1. The van der Waals surface area contributed by atoms with Crippen molar-refractivity contribution in [2.24, 2.45) is 0 Å². The molecule has 0 atom stereocenters. The van der Waals surface area contributed by atoms with Crippen LogP contribution in [0.25, 0.3) is 11.5 Å². The second-order valence-electron chi connectivity index (χ2n) is 4.48. The summed E-state index contributed by atoms with van der Waals surface area (Å²) in [5, 5.41) is 20.1. The summed E-state index contributed by atoms with van der Waals surface area (Å²) in [6, 6.07) is 7.11. The summed E-state index contributed by atoms with van der Waals surface area (Å²) in [4.78, 5) is 0. The van der Waals surface area contributed by atoms with Crippen molar-refractivity contribution in [2.45, 2.75) is 24.6 Å². The number of hydrogen-bond donors (Lipinski definition) is 0. The van der Waals surface area contributed by atoms with Gasteiger partial charge in [0.15, 0.2) is 6.20 Å². The Hall–Kier alpha value is -2.28. The highest BCUT2D eigenvalue weighted by Crippen LogP contribution is 2.27. The number of rotatable bonds is 4. The summed E-state index contributed by atoms with van der Waals surface area (Å²) in [5.41, 5.74) is 0.801. The molecule has 0 spiro atoms. The maximum Gasteiger partial charge on any atom is 0.251 e. The molecule has 0 bridgehead atoms. The van der Waals surface area contributed by atoms with E-state index in [0.717, 1.165) is 21.8 Å².